The van der Waals surface area contributed by atoms with Gasteiger partial charge < -0.3 is 14.5 Å². The summed E-state index contributed by atoms with van der Waals surface area (Å²) in [6, 6.07) is 5.49. The molecule has 0 spiro atoms. The Balaban J connectivity index is 1.07. The number of carbonyl (C=O) groups is 1. The Labute approximate surface area is 168 Å². The second-order valence-electron chi connectivity index (χ2n) is 9.36. The number of ether oxygens (including phenoxy) is 1. The number of aromatic nitrogens is 2. The van der Waals surface area contributed by atoms with E-state index in [9.17, 15) is 4.79 Å². The standard InChI is InChI=1S/C21H22ClN3O3/c1-11-4-13(5-11)18-24-25-19(28-18)20-8-21(9-20,10-20)23-17(26)16-7-12-6-14(22)2-3-15(12)27-16/h2-3,6,11,13,16H,4-5,7-10H2,1H3,(H,23,26)/t11?,13?,16-,20?,21?/m1/s1. The van der Waals surface area contributed by atoms with Gasteiger partial charge in [0.25, 0.3) is 5.91 Å². The number of rotatable bonds is 4. The van der Waals surface area contributed by atoms with E-state index in [2.05, 4.69) is 22.4 Å². The molecule has 1 aliphatic heterocycles. The minimum atomic E-state index is -0.478. The average Bonchev–Trinajstić information content (AvgIpc) is 3.20. The fraction of sp³-hybridized carbons (Fsp3) is 0.571. The zero-order chi connectivity index (χ0) is 19.1. The maximum absolute atomic E-state index is 12.7. The first-order valence-corrected chi connectivity index (χ1v) is 10.4. The molecule has 4 fully saturated rings. The van der Waals surface area contributed by atoms with Crippen LogP contribution in [0.25, 0.3) is 0 Å². The first-order valence-electron chi connectivity index (χ1n) is 10.0. The molecule has 28 heavy (non-hydrogen) atoms. The van der Waals surface area contributed by atoms with Crippen molar-refractivity contribution in [2.24, 2.45) is 5.92 Å². The van der Waals surface area contributed by atoms with E-state index < -0.39 is 6.10 Å². The molecule has 7 heteroatoms. The summed E-state index contributed by atoms with van der Waals surface area (Å²) in [5, 5.41) is 12.5. The van der Waals surface area contributed by atoms with Gasteiger partial charge in [-0.3, -0.25) is 4.79 Å². The van der Waals surface area contributed by atoms with Gasteiger partial charge in [-0.25, -0.2) is 0 Å². The van der Waals surface area contributed by atoms with Crippen LogP contribution in [0.3, 0.4) is 0 Å². The van der Waals surface area contributed by atoms with Crippen LogP contribution in [0.4, 0.5) is 0 Å². The normalized spacial score (nSPS) is 37.1. The molecular weight excluding hydrogens is 378 g/mol. The molecule has 146 valence electrons. The minimum Gasteiger partial charge on any atom is -0.480 e. The van der Waals surface area contributed by atoms with E-state index in [1.54, 1.807) is 6.07 Å². The zero-order valence-corrected chi connectivity index (χ0v) is 16.5. The number of halogens is 1. The van der Waals surface area contributed by atoms with Crippen LogP contribution in [0.1, 0.15) is 62.3 Å². The van der Waals surface area contributed by atoms with Gasteiger partial charge in [-0.1, -0.05) is 18.5 Å². The molecule has 1 atom stereocenters. The van der Waals surface area contributed by atoms with Crippen LogP contribution in [0, 0.1) is 5.92 Å². The Bertz CT molecular complexity index is 961. The number of nitrogens with one attached hydrogen (secondary N) is 1. The molecule has 2 aromatic rings. The minimum absolute atomic E-state index is 0.0269. The Morgan fingerprint density at radius 3 is 2.79 bits per heavy atom. The van der Waals surface area contributed by atoms with Crippen LogP contribution in [0.2, 0.25) is 5.02 Å². The number of nitrogens with zero attached hydrogens (tertiary/aromatic N) is 2. The van der Waals surface area contributed by atoms with E-state index in [1.807, 2.05) is 12.1 Å². The topological polar surface area (TPSA) is 77.2 Å². The molecule has 4 aliphatic carbocycles. The van der Waals surface area contributed by atoms with Gasteiger partial charge in [0.15, 0.2) is 6.10 Å². The zero-order valence-electron chi connectivity index (χ0n) is 15.7. The number of amides is 1. The van der Waals surface area contributed by atoms with Crippen molar-refractivity contribution in [3.05, 3.63) is 40.6 Å². The van der Waals surface area contributed by atoms with Crippen molar-refractivity contribution in [2.75, 3.05) is 0 Å². The fourth-order valence-electron chi connectivity index (χ4n) is 5.57. The van der Waals surface area contributed by atoms with E-state index in [0.29, 0.717) is 17.4 Å². The largest absolute Gasteiger partial charge is 0.480 e. The Morgan fingerprint density at radius 2 is 2.04 bits per heavy atom. The van der Waals surface area contributed by atoms with Crippen LogP contribution in [-0.4, -0.2) is 27.7 Å². The number of fused-ring (bicyclic) bond motifs is 1. The number of hydrogen-bond donors (Lipinski definition) is 1. The van der Waals surface area contributed by atoms with Crippen molar-refractivity contribution < 1.29 is 13.9 Å². The van der Waals surface area contributed by atoms with Gasteiger partial charge in [0.05, 0.1) is 5.41 Å². The van der Waals surface area contributed by atoms with Crippen molar-refractivity contribution in [1.29, 1.82) is 0 Å². The quantitative estimate of drug-likeness (QED) is 0.850. The molecule has 1 aromatic heterocycles. The predicted molar refractivity (Wildman–Crippen MR) is 101 cm³/mol. The second-order valence-corrected chi connectivity index (χ2v) is 9.80. The highest BCUT2D eigenvalue weighted by atomic mass is 35.5. The van der Waals surface area contributed by atoms with E-state index in [4.69, 9.17) is 20.8 Å². The highest BCUT2D eigenvalue weighted by Crippen LogP contribution is 2.67. The van der Waals surface area contributed by atoms with Crippen molar-refractivity contribution in [3.8, 4) is 5.75 Å². The molecule has 0 saturated heterocycles. The third-order valence-corrected chi connectivity index (χ3v) is 7.26. The summed E-state index contributed by atoms with van der Waals surface area (Å²) in [6.45, 7) is 2.25. The molecule has 1 aromatic carbocycles. The van der Waals surface area contributed by atoms with Gasteiger partial charge in [-0.05, 0) is 61.8 Å². The van der Waals surface area contributed by atoms with Gasteiger partial charge in [0, 0.05) is 22.9 Å². The summed E-state index contributed by atoms with van der Waals surface area (Å²) < 4.78 is 11.8. The Kier molecular flexibility index (Phi) is 3.31. The summed E-state index contributed by atoms with van der Waals surface area (Å²) in [7, 11) is 0. The van der Waals surface area contributed by atoms with Gasteiger partial charge in [-0.2, -0.15) is 0 Å². The summed E-state index contributed by atoms with van der Waals surface area (Å²) >= 11 is 6.03. The van der Waals surface area contributed by atoms with Crippen molar-refractivity contribution in [2.45, 2.75) is 68.4 Å². The number of benzene rings is 1. The van der Waals surface area contributed by atoms with Crippen LogP contribution in [-0.2, 0) is 16.6 Å². The lowest BCUT2D eigenvalue weighted by Crippen LogP contribution is -2.77. The molecule has 0 unspecified atom stereocenters. The molecule has 5 aliphatic rings. The number of hydrogen-bond acceptors (Lipinski definition) is 5. The summed E-state index contributed by atoms with van der Waals surface area (Å²) in [5.41, 5.74) is 0.832. The molecule has 6 nitrogen and oxygen atoms in total. The molecule has 1 amide bonds. The predicted octanol–water partition coefficient (Wildman–Crippen LogP) is 3.53. The highest BCUT2D eigenvalue weighted by Gasteiger charge is 2.72. The second kappa shape index (κ2) is 5.50. The molecule has 2 heterocycles. The Morgan fingerprint density at radius 1 is 1.25 bits per heavy atom. The van der Waals surface area contributed by atoms with Crippen molar-refractivity contribution >= 4 is 17.5 Å². The fourth-order valence-corrected chi connectivity index (χ4v) is 5.77. The maximum Gasteiger partial charge on any atom is 0.261 e. The van der Waals surface area contributed by atoms with Crippen LogP contribution in [0.5, 0.6) is 5.75 Å². The van der Waals surface area contributed by atoms with E-state index >= 15 is 0 Å². The van der Waals surface area contributed by atoms with Gasteiger partial charge in [0.1, 0.15) is 5.75 Å². The third-order valence-electron chi connectivity index (χ3n) is 7.03. The Hall–Kier alpha value is -2.08. The summed E-state index contributed by atoms with van der Waals surface area (Å²) in [6.07, 6.45) is 5.00. The first kappa shape index (κ1) is 16.8. The third kappa shape index (κ3) is 2.36. The van der Waals surface area contributed by atoms with Crippen LogP contribution >= 0.6 is 11.6 Å². The molecular formula is C21H22ClN3O3. The molecule has 0 radical (unpaired) electrons. The summed E-state index contributed by atoms with van der Waals surface area (Å²) in [5.74, 6) is 3.46. The first-order chi connectivity index (χ1) is 13.4. The highest BCUT2D eigenvalue weighted by molar-refractivity contribution is 6.30. The SMILES string of the molecule is CC1CC(c2nnc(C34CC(NC(=O)[C@H]5Cc6cc(Cl)ccc6O5)(C3)C4)o2)C1. The van der Waals surface area contributed by atoms with Crippen LogP contribution < -0.4 is 10.1 Å². The average molecular weight is 400 g/mol. The molecule has 7 rings (SSSR count). The van der Waals surface area contributed by atoms with E-state index in [0.717, 1.165) is 61.1 Å². The lowest BCUT2D eigenvalue weighted by molar-refractivity contribution is -0.147. The van der Waals surface area contributed by atoms with Gasteiger partial charge in [-0.15, -0.1) is 10.2 Å². The lowest BCUT2D eigenvalue weighted by atomic mass is 9.39. The molecule has 4 saturated carbocycles. The molecule has 1 N–H and O–H groups in total. The lowest BCUT2D eigenvalue weighted by Gasteiger charge is -2.68. The maximum atomic E-state index is 12.7. The van der Waals surface area contributed by atoms with E-state index in [-0.39, 0.29) is 16.9 Å². The summed E-state index contributed by atoms with van der Waals surface area (Å²) in [4.78, 5) is 12.7. The smallest absolute Gasteiger partial charge is 0.261 e. The molecule has 2 bridgehead atoms. The van der Waals surface area contributed by atoms with Gasteiger partial charge >= 0.3 is 0 Å². The van der Waals surface area contributed by atoms with Crippen molar-refractivity contribution in [1.82, 2.24) is 15.5 Å². The van der Waals surface area contributed by atoms with Crippen molar-refractivity contribution in [3.63, 3.8) is 0 Å². The van der Waals surface area contributed by atoms with Crippen LogP contribution in [0.15, 0.2) is 22.6 Å². The van der Waals surface area contributed by atoms with Gasteiger partial charge in [0.2, 0.25) is 11.8 Å². The van der Waals surface area contributed by atoms with E-state index in [1.165, 1.54) is 0 Å². The number of carbonyl (C=O) groups excluding carboxylic acids is 1. The monoisotopic (exact) mass is 399 g/mol.